The molecule has 0 heterocycles. The maximum atomic E-state index is 12.0. The molecule has 1 aromatic carbocycles. The molecular weight excluding hydrogens is 284 g/mol. The Morgan fingerprint density at radius 3 is 2.00 bits per heavy atom. The highest BCUT2D eigenvalue weighted by atomic mass is 16.5. The number of ether oxygens (including phenoxy) is 1. The zero-order valence-electron chi connectivity index (χ0n) is 15.9. The molecule has 0 saturated carbocycles. The predicted molar refractivity (Wildman–Crippen MR) is 97.8 cm³/mol. The first-order chi connectivity index (χ1) is 10.6. The van der Waals surface area contributed by atoms with E-state index in [4.69, 9.17) is 4.74 Å². The molecule has 0 fully saturated rings. The number of hydrogen-bond acceptors (Lipinski definition) is 2. The molecule has 0 bridgehead atoms. The summed E-state index contributed by atoms with van der Waals surface area (Å²) in [7, 11) is 0. The summed E-state index contributed by atoms with van der Waals surface area (Å²) in [5.74, 6) is 0.157. The Kier molecular flexibility index (Phi) is 7.47. The van der Waals surface area contributed by atoms with Gasteiger partial charge < -0.3 is 4.74 Å². The smallest absolute Gasteiger partial charge is 0.162 e. The monoisotopic (exact) mass is 318 g/mol. The third kappa shape index (κ3) is 10.3. The minimum atomic E-state index is 0.157. The Morgan fingerprint density at radius 1 is 0.913 bits per heavy atom. The number of rotatable bonds is 8. The van der Waals surface area contributed by atoms with Gasteiger partial charge in [-0.3, -0.25) is 4.79 Å². The minimum Gasteiger partial charge on any atom is -0.374 e. The number of benzene rings is 1. The van der Waals surface area contributed by atoms with Gasteiger partial charge in [0.15, 0.2) is 5.78 Å². The molecule has 0 N–H and O–H groups in total. The molecule has 23 heavy (non-hydrogen) atoms. The SMILES string of the molecule is CC(C)(C)CCCOCC(=O)Cc1ccc(CC(C)(C)C)cc1. The van der Waals surface area contributed by atoms with E-state index >= 15 is 0 Å². The number of carbonyl (C=O) groups is 1. The van der Waals surface area contributed by atoms with Gasteiger partial charge in [-0.2, -0.15) is 0 Å². The molecule has 0 aromatic heterocycles. The lowest BCUT2D eigenvalue weighted by atomic mass is 9.88. The lowest BCUT2D eigenvalue weighted by molar-refractivity contribution is -0.123. The number of hydrogen-bond donors (Lipinski definition) is 0. The molecule has 1 aromatic rings. The molecule has 0 aliphatic carbocycles. The van der Waals surface area contributed by atoms with E-state index in [1.54, 1.807) is 0 Å². The van der Waals surface area contributed by atoms with Crippen LogP contribution in [-0.2, 0) is 22.4 Å². The van der Waals surface area contributed by atoms with Gasteiger partial charge in [-0.1, -0.05) is 65.8 Å². The van der Waals surface area contributed by atoms with E-state index in [9.17, 15) is 4.79 Å². The Balaban J connectivity index is 2.29. The van der Waals surface area contributed by atoms with Crippen LogP contribution < -0.4 is 0 Å². The molecule has 0 unspecified atom stereocenters. The highest BCUT2D eigenvalue weighted by molar-refractivity contribution is 5.82. The molecule has 0 radical (unpaired) electrons. The van der Waals surface area contributed by atoms with Crippen molar-refractivity contribution >= 4 is 5.78 Å². The quantitative estimate of drug-likeness (QED) is 0.613. The first-order valence-electron chi connectivity index (χ1n) is 8.72. The summed E-state index contributed by atoms with van der Waals surface area (Å²) in [6.45, 7) is 14.3. The molecule has 0 aliphatic heterocycles. The zero-order valence-corrected chi connectivity index (χ0v) is 15.9. The van der Waals surface area contributed by atoms with Gasteiger partial charge in [0.1, 0.15) is 6.61 Å². The zero-order chi connectivity index (χ0) is 17.5. The van der Waals surface area contributed by atoms with Crippen LogP contribution in [-0.4, -0.2) is 19.0 Å². The molecule has 1 rings (SSSR count). The van der Waals surface area contributed by atoms with Gasteiger partial charge in [-0.25, -0.2) is 0 Å². The Labute approximate surface area is 142 Å². The Hall–Kier alpha value is -1.15. The van der Waals surface area contributed by atoms with Crippen LogP contribution >= 0.6 is 0 Å². The van der Waals surface area contributed by atoms with Crippen molar-refractivity contribution in [1.29, 1.82) is 0 Å². The van der Waals surface area contributed by atoms with Gasteiger partial charge >= 0.3 is 0 Å². The van der Waals surface area contributed by atoms with Crippen LogP contribution in [0.15, 0.2) is 24.3 Å². The topological polar surface area (TPSA) is 26.3 Å². The van der Waals surface area contributed by atoms with E-state index < -0.39 is 0 Å². The second kappa shape index (κ2) is 8.63. The molecular formula is C21H34O2. The summed E-state index contributed by atoms with van der Waals surface area (Å²) in [5.41, 5.74) is 3.03. The maximum Gasteiger partial charge on any atom is 0.162 e. The average molecular weight is 319 g/mol. The van der Waals surface area contributed by atoms with Crippen molar-refractivity contribution in [2.75, 3.05) is 13.2 Å². The van der Waals surface area contributed by atoms with Crippen molar-refractivity contribution in [2.24, 2.45) is 10.8 Å². The highest BCUT2D eigenvalue weighted by Crippen LogP contribution is 2.21. The van der Waals surface area contributed by atoms with Crippen LogP contribution in [0.5, 0.6) is 0 Å². The van der Waals surface area contributed by atoms with Gasteiger partial charge in [0, 0.05) is 13.0 Å². The van der Waals surface area contributed by atoms with E-state index in [0.29, 0.717) is 18.4 Å². The summed E-state index contributed by atoms with van der Waals surface area (Å²) in [6.07, 6.45) is 3.65. The van der Waals surface area contributed by atoms with Gasteiger partial charge in [-0.05, 0) is 41.2 Å². The van der Waals surface area contributed by atoms with E-state index in [-0.39, 0.29) is 17.8 Å². The van der Waals surface area contributed by atoms with Crippen molar-refractivity contribution in [3.8, 4) is 0 Å². The van der Waals surface area contributed by atoms with Crippen molar-refractivity contribution in [3.05, 3.63) is 35.4 Å². The normalized spacial score (nSPS) is 12.4. The van der Waals surface area contributed by atoms with Crippen LogP contribution in [0.2, 0.25) is 0 Å². The maximum absolute atomic E-state index is 12.0. The lowest BCUT2D eigenvalue weighted by Crippen LogP contribution is -2.13. The second-order valence-electron chi connectivity index (χ2n) is 8.99. The van der Waals surface area contributed by atoms with E-state index in [1.165, 1.54) is 5.56 Å². The third-order valence-corrected chi connectivity index (χ3v) is 3.64. The molecule has 2 nitrogen and oxygen atoms in total. The predicted octanol–water partition coefficient (Wildman–Crippen LogP) is 5.23. The van der Waals surface area contributed by atoms with Gasteiger partial charge in [-0.15, -0.1) is 0 Å². The largest absolute Gasteiger partial charge is 0.374 e. The summed E-state index contributed by atoms with van der Waals surface area (Å²) < 4.78 is 5.50. The molecule has 0 spiro atoms. The molecule has 0 aliphatic rings. The first-order valence-corrected chi connectivity index (χ1v) is 8.72. The van der Waals surface area contributed by atoms with Crippen LogP contribution in [0.3, 0.4) is 0 Å². The van der Waals surface area contributed by atoms with Crippen molar-refractivity contribution in [1.82, 2.24) is 0 Å². The highest BCUT2D eigenvalue weighted by Gasteiger charge is 2.12. The summed E-state index contributed by atoms with van der Waals surface area (Å²) in [6, 6.07) is 8.41. The fraction of sp³-hybridized carbons (Fsp3) is 0.667. The third-order valence-electron chi connectivity index (χ3n) is 3.64. The molecule has 0 amide bonds. The second-order valence-corrected chi connectivity index (χ2v) is 8.99. The first kappa shape index (κ1) is 19.9. The Morgan fingerprint density at radius 2 is 1.48 bits per heavy atom. The fourth-order valence-corrected chi connectivity index (χ4v) is 2.56. The molecule has 0 saturated heterocycles. The van der Waals surface area contributed by atoms with Gasteiger partial charge in [0.2, 0.25) is 0 Å². The summed E-state index contributed by atoms with van der Waals surface area (Å²) >= 11 is 0. The van der Waals surface area contributed by atoms with Gasteiger partial charge in [0.25, 0.3) is 0 Å². The summed E-state index contributed by atoms with van der Waals surface area (Å²) in [4.78, 5) is 12.0. The van der Waals surface area contributed by atoms with Crippen molar-refractivity contribution < 1.29 is 9.53 Å². The standard InChI is InChI=1S/C21H34O2/c1-20(2,3)12-7-13-23-16-19(22)14-17-8-10-18(11-9-17)15-21(4,5)6/h8-11H,7,12-16H2,1-6H3. The minimum absolute atomic E-state index is 0.157. The van der Waals surface area contributed by atoms with Gasteiger partial charge in [0.05, 0.1) is 0 Å². The van der Waals surface area contributed by atoms with E-state index in [1.807, 2.05) is 0 Å². The van der Waals surface area contributed by atoms with Crippen LogP contribution in [0.1, 0.15) is 65.5 Å². The van der Waals surface area contributed by atoms with Crippen LogP contribution in [0.4, 0.5) is 0 Å². The summed E-state index contributed by atoms with van der Waals surface area (Å²) in [5, 5.41) is 0. The average Bonchev–Trinajstić information content (AvgIpc) is 2.37. The number of Topliss-reactive ketones (excluding diaryl/α,β-unsaturated/α-hetero) is 1. The number of ketones is 1. The van der Waals surface area contributed by atoms with Crippen molar-refractivity contribution in [3.63, 3.8) is 0 Å². The van der Waals surface area contributed by atoms with E-state index in [0.717, 1.165) is 24.8 Å². The fourth-order valence-electron chi connectivity index (χ4n) is 2.56. The Bertz CT molecular complexity index is 472. The van der Waals surface area contributed by atoms with E-state index in [2.05, 4.69) is 65.8 Å². The molecule has 130 valence electrons. The number of carbonyl (C=O) groups excluding carboxylic acids is 1. The van der Waals surface area contributed by atoms with Crippen LogP contribution in [0, 0.1) is 10.8 Å². The lowest BCUT2D eigenvalue weighted by Gasteiger charge is -2.18. The van der Waals surface area contributed by atoms with Crippen molar-refractivity contribution in [2.45, 2.75) is 67.2 Å². The van der Waals surface area contributed by atoms with Crippen LogP contribution in [0.25, 0.3) is 0 Å². The molecule has 0 atom stereocenters. The molecule has 2 heteroatoms.